The number of halogens is 1. The Labute approximate surface area is 212 Å². The highest BCUT2D eigenvalue weighted by molar-refractivity contribution is 6.31. The number of benzene rings is 2. The fourth-order valence-corrected chi connectivity index (χ4v) is 5.18. The summed E-state index contributed by atoms with van der Waals surface area (Å²) in [6.45, 7) is 7.25. The van der Waals surface area contributed by atoms with Crippen LogP contribution in [0.5, 0.6) is 17.2 Å². The molecule has 4 rings (SSSR count). The van der Waals surface area contributed by atoms with Crippen LogP contribution in [0.15, 0.2) is 36.4 Å². The summed E-state index contributed by atoms with van der Waals surface area (Å²) in [7, 11) is 3.26. The van der Waals surface area contributed by atoms with Crippen LogP contribution >= 0.6 is 11.6 Å². The van der Waals surface area contributed by atoms with Crippen LogP contribution in [0.2, 0.25) is 5.02 Å². The number of nitrogens with one attached hydrogen (secondary N) is 1. The molecule has 1 amide bonds. The molecule has 2 aliphatic rings. The summed E-state index contributed by atoms with van der Waals surface area (Å²) in [5, 5.41) is 4.22. The van der Waals surface area contributed by atoms with E-state index < -0.39 is 5.60 Å². The van der Waals surface area contributed by atoms with E-state index >= 15 is 0 Å². The molecule has 1 saturated heterocycles. The van der Waals surface area contributed by atoms with Crippen molar-refractivity contribution in [3.05, 3.63) is 52.5 Å². The quantitative estimate of drug-likeness (QED) is 0.491. The molecule has 0 radical (unpaired) electrons. The van der Waals surface area contributed by atoms with Gasteiger partial charge in [0.2, 0.25) is 0 Å². The van der Waals surface area contributed by atoms with Gasteiger partial charge in [0.15, 0.2) is 11.5 Å². The highest BCUT2D eigenvalue weighted by Crippen LogP contribution is 2.44. The number of hydrogen-bond acceptors (Lipinski definition) is 6. The molecule has 35 heavy (non-hydrogen) atoms. The van der Waals surface area contributed by atoms with Crippen molar-refractivity contribution in [2.45, 2.75) is 38.3 Å². The number of ether oxygens (including phenoxy) is 4. The van der Waals surface area contributed by atoms with E-state index in [1.165, 1.54) is 0 Å². The van der Waals surface area contributed by atoms with Gasteiger partial charge in [-0.15, -0.1) is 0 Å². The summed E-state index contributed by atoms with van der Waals surface area (Å²) in [5.41, 5.74) is 1.21. The molecule has 2 aliphatic heterocycles. The molecule has 2 atom stereocenters. The topological polar surface area (TPSA) is 69.3 Å². The molecule has 8 heteroatoms. The third-order valence-electron chi connectivity index (χ3n) is 6.89. The zero-order chi connectivity index (χ0) is 25.0. The molecule has 1 N–H and O–H groups in total. The molecular weight excluding hydrogens is 468 g/mol. The molecule has 1 fully saturated rings. The molecule has 2 aromatic rings. The summed E-state index contributed by atoms with van der Waals surface area (Å²) in [6, 6.07) is 11.2. The Morgan fingerprint density at radius 3 is 2.77 bits per heavy atom. The number of nitrogens with zero attached hydrogens (tertiary/aromatic N) is 1. The van der Waals surface area contributed by atoms with Crippen molar-refractivity contribution < 1.29 is 23.7 Å². The average Bonchev–Trinajstić information content (AvgIpc) is 3.43. The predicted octanol–water partition coefficient (Wildman–Crippen LogP) is 4.21. The van der Waals surface area contributed by atoms with Gasteiger partial charge in [0.25, 0.3) is 5.91 Å². The summed E-state index contributed by atoms with van der Waals surface area (Å²) in [4.78, 5) is 15.6. The van der Waals surface area contributed by atoms with Crippen molar-refractivity contribution in [1.82, 2.24) is 10.2 Å². The van der Waals surface area contributed by atoms with Crippen molar-refractivity contribution >= 4 is 17.5 Å². The molecule has 0 aliphatic carbocycles. The second-order valence-electron chi connectivity index (χ2n) is 9.50. The largest absolute Gasteiger partial charge is 0.493 e. The van der Waals surface area contributed by atoms with Gasteiger partial charge >= 0.3 is 0 Å². The van der Waals surface area contributed by atoms with Crippen LogP contribution in [0.25, 0.3) is 0 Å². The summed E-state index contributed by atoms with van der Waals surface area (Å²) in [6.07, 6.45) is 1.49. The lowest BCUT2D eigenvalue weighted by Crippen LogP contribution is -2.50. The van der Waals surface area contributed by atoms with Gasteiger partial charge in [-0.3, -0.25) is 4.79 Å². The molecule has 0 aromatic heterocycles. The Hall–Kier alpha value is -2.48. The number of hydrogen-bond donors (Lipinski definition) is 1. The standard InChI is InChI=1S/C27H35ClN2O5/c1-18(2)30(26(31)19-9-10-24(33-4)25(13-19)34-12-6-11-32-3)16-20-15-29-17-27(20)14-21-22(28)7-5-8-23(21)35-27/h5,7-10,13,18,20,29H,6,11-12,14-17H2,1-4H3. The summed E-state index contributed by atoms with van der Waals surface area (Å²) < 4.78 is 22.9. The fourth-order valence-electron chi connectivity index (χ4n) is 4.95. The van der Waals surface area contributed by atoms with E-state index in [4.69, 9.17) is 30.5 Å². The lowest BCUT2D eigenvalue weighted by atomic mass is 9.86. The second kappa shape index (κ2) is 11.1. The molecule has 2 aromatic carbocycles. The Morgan fingerprint density at radius 2 is 2.06 bits per heavy atom. The minimum absolute atomic E-state index is 0.0145. The molecule has 0 bridgehead atoms. The van der Waals surface area contributed by atoms with Gasteiger partial charge in [-0.1, -0.05) is 17.7 Å². The zero-order valence-corrected chi connectivity index (χ0v) is 21.7. The van der Waals surface area contributed by atoms with Gasteiger partial charge in [-0.25, -0.2) is 0 Å². The minimum Gasteiger partial charge on any atom is -0.493 e. The molecule has 0 saturated carbocycles. The smallest absolute Gasteiger partial charge is 0.254 e. The van der Waals surface area contributed by atoms with Crippen LogP contribution in [0.1, 0.15) is 36.2 Å². The number of carbonyl (C=O) groups is 1. The first kappa shape index (κ1) is 25.6. The van der Waals surface area contributed by atoms with Gasteiger partial charge in [0.1, 0.15) is 11.4 Å². The van der Waals surface area contributed by atoms with E-state index in [1.54, 1.807) is 32.4 Å². The van der Waals surface area contributed by atoms with Crippen LogP contribution in [-0.4, -0.2) is 69.5 Å². The van der Waals surface area contributed by atoms with Gasteiger partial charge in [-0.2, -0.15) is 0 Å². The number of fused-ring (bicyclic) bond motifs is 1. The molecule has 190 valence electrons. The van der Waals surface area contributed by atoms with E-state index in [0.717, 1.165) is 42.3 Å². The van der Waals surface area contributed by atoms with Crippen LogP contribution in [0.3, 0.4) is 0 Å². The van der Waals surface area contributed by atoms with E-state index in [0.29, 0.717) is 36.8 Å². The Kier molecular flexibility index (Phi) is 8.09. The third-order valence-corrected chi connectivity index (χ3v) is 7.24. The average molecular weight is 503 g/mol. The SMILES string of the molecule is COCCCOc1cc(C(=O)N(CC2CNCC23Cc2c(Cl)cccc2O3)C(C)C)ccc1OC. The van der Waals surface area contributed by atoms with Gasteiger partial charge in [0, 0.05) is 74.3 Å². The molecule has 1 spiro atoms. The highest BCUT2D eigenvalue weighted by atomic mass is 35.5. The monoisotopic (exact) mass is 502 g/mol. The lowest BCUT2D eigenvalue weighted by molar-refractivity contribution is 0.0362. The molecular formula is C27H35ClN2O5. The first-order chi connectivity index (χ1) is 16.9. The summed E-state index contributed by atoms with van der Waals surface area (Å²) in [5.74, 6) is 2.09. The Morgan fingerprint density at radius 1 is 1.23 bits per heavy atom. The number of amides is 1. The predicted molar refractivity (Wildman–Crippen MR) is 136 cm³/mol. The molecule has 7 nitrogen and oxygen atoms in total. The number of methoxy groups -OCH3 is 2. The number of rotatable bonds is 10. The van der Waals surface area contributed by atoms with Crippen LogP contribution in [0.4, 0.5) is 0 Å². The first-order valence-electron chi connectivity index (χ1n) is 12.2. The first-order valence-corrected chi connectivity index (χ1v) is 12.5. The van der Waals surface area contributed by atoms with E-state index in [1.807, 2.05) is 36.9 Å². The maximum absolute atomic E-state index is 13.7. The van der Waals surface area contributed by atoms with Crippen LogP contribution in [0, 0.1) is 5.92 Å². The van der Waals surface area contributed by atoms with Gasteiger partial charge in [-0.05, 0) is 44.2 Å². The van der Waals surface area contributed by atoms with Crippen molar-refractivity contribution in [1.29, 1.82) is 0 Å². The summed E-state index contributed by atoms with van der Waals surface area (Å²) >= 11 is 6.46. The second-order valence-corrected chi connectivity index (χ2v) is 9.91. The van der Waals surface area contributed by atoms with Crippen molar-refractivity contribution in [3.63, 3.8) is 0 Å². The van der Waals surface area contributed by atoms with E-state index in [-0.39, 0.29) is 17.9 Å². The van der Waals surface area contributed by atoms with Gasteiger partial charge in [0.05, 0.1) is 13.7 Å². The minimum atomic E-state index is -0.406. The fraction of sp³-hybridized carbons (Fsp3) is 0.519. The Balaban J connectivity index is 1.52. The molecule has 2 unspecified atom stereocenters. The Bertz CT molecular complexity index is 1050. The number of carbonyl (C=O) groups excluding carboxylic acids is 1. The third kappa shape index (κ3) is 5.37. The maximum atomic E-state index is 13.7. The zero-order valence-electron chi connectivity index (χ0n) is 20.9. The van der Waals surface area contributed by atoms with E-state index in [2.05, 4.69) is 5.32 Å². The van der Waals surface area contributed by atoms with Crippen molar-refractivity contribution in [2.75, 3.05) is 47.1 Å². The van der Waals surface area contributed by atoms with Gasteiger partial charge < -0.3 is 29.2 Å². The molecule has 2 heterocycles. The lowest BCUT2D eigenvalue weighted by Gasteiger charge is -2.36. The highest BCUT2D eigenvalue weighted by Gasteiger charge is 2.50. The normalized spacial score (nSPS) is 20.7. The maximum Gasteiger partial charge on any atom is 0.254 e. The van der Waals surface area contributed by atoms with Crippen LogP contribution in [-0.2, 0) is 11.2 Å². The van der Waals surface area contributed by atoms with Crippen molar-refractivity contribution in [3.8, 4) is 17.2 Å². The van der Waals surface area contributed by atoms with Crippen LogP contribution < -0.4 is 19.5 Å². The van der Waals surface area contributed by atoms with E-state index in [9.17, 15) is 4.79 Å². The van der Waals surface area contributed by atoms with Crippen molar-refractivity contribution in [2.24, 2.45) is 5.92 Å².